The van der Waals surface area contributed by atoms with Crippen molar-refractivity contribution in [1.29, 1.82) is 0 Å². The minimum absolute atomic E-state index is 0.0512. The number of rotatable bonds is 39. The van der Waals surface area contributed by atoms with Gasteiger partial charge in [-0.05, 0) is 64.2 Å². The molecule has 0 aromatic heterocycles. The molecule has 0 fully saturated rings. The molecule has 0 heterocycles. The van der Waals surface area contributed by atoms with Crippen LogP contribution >= 0.6 is 7.82 Å². The number of esters is 2. The molecule has 51 heavy (non-hydrogen) atoms. The van der Waals surface area contributed by atoms with Gasteiger partial charge in [0.1, 0.15) is 6.61 Å². The van der Waals surface area contributed by atoms with Crippen LogP contribution in [0.1, 0.15) is 194 Å². The van der Waals surface area contributed by atoms with E-state index >= 15 is 0 Å². The fourth-order valence-electron chi connectivity index (χ4n) is 5.68. The lowest BCUT2D eigenvalue weighted by Gasteiger charge is -2.19. The smallest absolute Gasteiger partial charge is 0.462 e. The molecule has 2 atom stereocenters. The van der Waals surface area contributed by atoms with Crippen LogP contribution in [0.4, 0.5) is 0 Å². The van der Waals surface area contributed by atoms with Crippen LogP contribution in [0.3, 0.4) is 0 Å². The van der Waals surface area contributed by atoms with Crippen molar-refractivity contribution in [3.63, 3.8) is 0 Å². The van der Waals surface area contributed by atoms with E-state index in [1.807, 2.05) is 0 Å². The van der Waals surface area contributed by atoms with Crippen molar-refractivity contribution in [2.75, 3.05) is 26.4 Å². The predicted molar refractivity (Wildman–Crippen MR) is 211 cm³/mol. The first-order valence-corrected chi connectivity index (χ1v) is 22.3. The average molecular weight is 744 g/mol. The Balaban J connectivity index is 4.20. The Hall–Kier alpha value is -1.51. The summed E-state index contributed by atoms with van der Waals surface area (Å²) >= 11 is 0. The lowest BCUT2D eigenvalue weighted by atomic mass is 10.1. The summed E-state index contributed by atoms with van der Waals surface area (Å²) in [5.74, 6) is -0.856. The van der Waals surface area contributed by atoms with Gasteiger partial charge >= 0.3 is 19.8 Å². The topological polar surface area (TPSA) is 134 Å². The van der Waals surface area contributed by atoms with Crippen LogP contribution in [-0.4, -0.2) is 49.3 Å². The third-order valence-corrected chi connectivity index (χ3v) is 9.79. The number of allylic oxidation sites excluding steroid dienone is 4. The van der Waals surface area contributed by atoms with Gasteiger partial charge in [-0.2, -0.15) is 0 Å². The largest absolute Gasteiger partial charge is 0.472 e. The van der Waals surface area contributed by atoms with Crippen molar-refractivity contribution >= 4 is 19.8 Å². The van der Waals surface area contributed by atoms with E-state index in [1.165, 1.54) is 109 Å². The summed E-state index contributed by atoms with van der Waals surface area (Å²) in [5.41, 5.74) is 5.34. The van der Waals surface area contributed by atoms with E-state index in [1.54, 1.807) is 0 Å². The molecule has 0 aliphatic rings. The molecule has 0 rings (SSSR count). The number of phosphoric acid groups is 1. The molecule has 0 aliphatic carbocycles. The molecule has 0 amide bonds. The highest BCUT2D eigenvalue weighted by Gasteiger charge is 2.25. The summed E-state index contributed by atoms with van der Waals surface area (Å²) in [5, 5.41) is 0. The summed E-state index contributed by atoms with van der Waals surface area (Å²) in [6, 6.07) is 0. The minimum Gasteiger partial charge on any atom is -0.462 e. The highest BCUT2D eigenvalue weighted by atomic mass is 31.2. The molecule has 0 saturated carbocycles. The van der Waals surface area contributed by atoms with E-state index in [-0.39, 0.29) is 32.6 Å². The molecule has 3 N–H and O–H groups in total. The molecule has 0 saturated heterocycles. The molecule has 0 aliphatic heterocycles. The van der Waals surface area contributed by atoms with E-state index in [4.69, 9.17) is 24.3 Å². The Morgan fingerprint density at radius 2 is 0.961 bits per heavy atom. The standard InChI is InChI=1S/C41H78NO8P/c1-3-5-7-9-11-13-15-17-19-21-23-25-27-29-31-33-40(43)47-37-39(38-49-51(45,46)48-36-35-42)50-41(44)34-32-30-28-26-24-22-20-18-16-14-12-10-8-6-4-2/h14,16,23,25,39H,3-13,15,17-22,24,26-38,42H2,1-2H3,(H,45,46)/b16-14+,25-23+/t39-/m1/s1. The summed E-state index contributed by atoms with van der Waals surface area (Å²) in [6.45, 7) is 3.70. The van der Waals surface area contributed by atoms with Crippen LogP contribution in [-0.2, 0) is 32.7 Å². The van der Waals surface area contributed by atoms with Gasteiger partial charge in [-0.25, -0.2) is 4.57 Å². The molecule has 1 unspecified atom stereocenters. The number of ether oxygens (including phenoxy) is 2. The molecular weight excluding hydrogens is 665 g/mol. The third kappa shape index (κ3) is 38.0. The average Bonchev–Trinajstić information content (AvgIpc) is 3.11. The quantitative estimate of drug-likeness (QED) is 0.0273. The maximum absolute atomic E-state index is 12.5. The highest BCUT2D eigenvalue weighted by molar-refractivity contribution is 7.47. The number of carbonyl (C=O) groups is 2. The van der Waals surface area contributed by atoms with Gasteiger partial charge in [0.05, 0.1) is 13.2 Å². The first-order chi connectivity index (χ1) is 24.8. The Morgan fingerprint density at radius 3 is 1.45 bits per heavy atom. The van der Waals surface area contributed by atoms with Crippen molar-refractivity contribution in [3.05, 3.63) is 24.3 Å². The third-order valence-electron chi connectivity index (χ3n) is 8.81. The lowest BCUT2D eigenvalue weighted by Crippen LogP contribution is -2.29. The lowest BCUT2D eigenvalue weighted by molar-refractivity contribution is -0.161. The summed E-state index contributed by atoms with van der Waals surface area (Å²) in [7, 11) is -4.38. The van der Waals surface area contributed by atoms with Crippen LogP contribution in [0.2, 0.25) is 0 Å². The van der Waals surface area contributed by atoms with Gasteiger partial charge < -0.3 is 20.1 Å². The Bertz CT molecular complexity index is 897. The van der Waals surface area contributed by atoms with E-state index in [9.17, 15) is 19.0 Å². The van der Waals surface area contributed by atoms with Crippen LogP contribution in [0.25, 0.3) is 0 Å². The summed E-state index contributed by atoms with van der Waals surface area (Å²) in [4.78, 5) is 34.8. The molecule has 0 radical (unpaired) electrons. The number of nitrogens with two attached hydrogens (primary N) is 1. The second-order valence-corrected chi connectivity index (χ2v) is 15.3. The number of phosphoric ester groups is 1. The van der Waals surface area contributed by atoms with Crippen molar-refractivity contribution in [1.82, 2.24) is 0 Å². The minimum atomic E-state index is -4.38. The van der Waals surface area contributed by atoms with E-state index < -0.39 is 32.5 Å². The van der Waals surface area contributed by atoms with Gasteiger partial charge in [-0.1, -0.05) is 141 Å². The zero-order valence-electron chi connectivity index (χ0n) is 32.8. The number of hydrogen-bond acceptors (Lipinski definition) is 8. The zero-order valence-corrected chi connectivity index (χ0v) is 33.7. The monoisotopic (exact) mass is 744 g/mol. The number of carbonyl (C=O) groups excluding carboxylic acids is 2. The van der Waals surface area contributed by atoms with Gasteiger partial charge in [0.2, 0.25) is 0 Å². The van der Waals surface area contributed by atoms with Gasteiger partial charge in [-0.3, -0.25) is 18.6 Å². The number of unbranched alkanes of at least 4 members (excludes halogenated alkanes) is 22. The predicted octanol–water partition coefficient (Wildman–Crippen LogP) is 11.6. The highest BCUT2D eigenvalue weighted by Crippen LogP contribution is 2.43. The molecule has 0 spiro atoms. The zero-order chi connectivity index (χ0) is 37.5. The van der Waals surface area contributed by atoms with Crippen LogP contribution < -0.4 is 5.73 Å². The SMILES string of the molecule is CCCCCC/C=C/CCCCCCCCCC(=O)O[C@H](COC(=O)CCCC/C=C/CCCCCCCCCCC)COP(=O)(O)OCCN. The Morgan fingerprint density at radius 1 is 0.569 bits per heavy atom. The van der Waals surface area contributed by atoms with Crippen molar-refractivity contribution < 1.29 is 37.6 Å². The molecule has 10 heteroatoms. The Kier molecular flexibility index (Phi) is 37.1. The van der Waals surface area contributed by atoms with Crippen LogP contribution in [0, 0.1) is 0 Å². The molecular formula is C41H78NO8P. The van der Waals surface area contributed by atoms with E-state index in [0.717, 1.165) is 44.9 Å². The summed E-state index contributed by atoms with van der Waals surface area (Å²) < 4.78 is 32.7. The van der Waals surface area contributed by atoms with Gasteiger partial charge in [-0.15, -0.1) is 0 Å². The van der Waals surface area contributed by atoms with E-state index in [2.05, 4.69) is 38.2 Å². The molecule has 0 aromatic carbocycles. The van der Waals surface area contributed by atoms with Crippen LogP contribution in [0.15, 0.2) is 24.3 Å². The van der Waals surface area contributed by atoms with Crippen molar-refractivity contribution in [3.8, 4) is 0 Å². The fraction of sp³-hybridized carbons (Fsp3) is 0.854. The second kappa shape index (κ2) is 38.2. The first kappa shape index (κ1) is 49.5. The van der Waals surface area contributed by atoms with Gasteiger partial charge in [0, 0.05) is 19.4 Å². The maximum atomic E-state index is 12.5. The second-order valence-electron chi connectivity index (χ2n) is 13.8. The van der Waals surface area contributed by atoms with Gasteiger partial charge in [0.15, 0.2) is 6.10 Å². The first-order valence-electron chi connectivity index (χ1n) is 20.8. The summed E-state index contributed by atoms with van der Waals surface area (Å²) in [6.07, 6.45) is 39.2. The van der Waals surface area contributed by atoms with E-state index in [0.29, 0.717) is 12.8 Å². The molecule has 300 valence electrons. The normalized spacial score (nSPS) is 13.6. The molecule has 0 bridgehead atoms. The van der Waals surface area contributed by atoms with Gasteiger partial charge in [0.25, 0.3) is 0 Å². The fourth-order valence-corrected chi connectivity index (χ4v) is 6.45. The number of hydrogen-bond donors (Lipinski definition) is 2. The molecule has 0 aromatic rings. The maximum Gasteiger partial charge on any atom is 0.472 e. The Labute approximate surface area is 312 Å². The molecule has 9 nitrogen and oxygen atoms in total. The van der Waals surface area contributed by atoms with Crippen LogP contribution in [0.5, 0.6) is 0 Å². The van der Waals surface area contributed by atoms with Crippen molar-refractivity contribution in [2.24, 2.45) is 5.73 Å². The van der Waals surface area contributed by atoms with Crippen molar-refractivity contribution in [2.45, 2.75) is 200 Å².